The Morgan fingerprint density at radius 2 is 1.90 bits per heavy atom. The molecule has 118 valence electrons. The van der Waals surface area contributed by atoms with Gasteiger partial charge in [-0.25, -0.2) is 18.4 Å². The molecule has 7 heteroatoms. The summed E-state index contributed by atoms with van der Waals surface area (Å²) in [5.74, 6) is -0.221. The molecule has 5 nitrogen and oxygen atoms in total. The van der Waals surface area contributed by atoms with E-state index in [1.54, 1.807) is 13.8 Å². The predicted molar refractivity (Wildman–Crippen MR) is 81.9 cm³/mol. The van der Waals surface area contributed by atoms with Crippen LogP contribution in [-0.2, 0) is 14.8 Å². The van der Waals surface area contributed by atoms with Crippen LogP contribution in [0, 0.1) is 12.8 Å². The molecule has 1 rings (SSSR count). The molecule has 0 bridgehead atoms. The predicted octanol–water partition coefficient (Wildman–Crippen LogP) is 2.89. The average Bonchev–Trinajstić information content (AvgIpc) is 2.29. The molecule has 21 heavy (non-hydrogen) atoms. The molecule has 0 aromatic heterocycles. The first-order valence-corrected chi connectivity index (χ1v) is 8.48. The first kappa shape index (κ1) is 17.9. The van der Waals surface area contributed by atoms with Gasteiger partial charge in [0.25, 0.3) is 0 Å². The van der Waals surface area contributed by atoms with E-state index in [-0.39, 0.29) is 21.6 Å². The van der Waals surface area contributed by atoms with Crippen molar-refractivity contribution in [3.63, 3.8) is 0 Å². The van der Waals surface area contributed by atoms with Gasteiger partial charge in [-0.3, -0.25) is 0 Å². The number of carbonyl (C=O) groups excluding carboxylic acids is 1. The second kappa shape index (κ2) is 6.77. The van der Waals surface area contributed by atoms with Gasteiger partial charge in [0, 0.05) is 5.02 Å². The minimum atomic E-state index is -3.94. The number of nitrogens with two attached hydrogens (primary N) is 1. The summed E-state index contributed by atoms with van der Waals surface area (Å²) in [7, 11) is -3.94. The van der Waals surface area contributed by atoms with Gasteiger partial charge in [-0.2, -0.15) is 0 Å². The Balaban J connectivity index is 3.12. The van der Waals surface area contributed by atoms with Crippen LogP contribution < -0.4 is 5.14 Å². The topological polar surface area (TPSA) is 86.5 Å². The zero-order valence-electron chi connectivity index (χ0n) is 12.5. The number of primary sulfonamides is 1. The van der Waals surface area contributed by atoms with Gasteiger partial charge in [0.15, 0.2) is 0 Å². The number of carbonyl (C=O) groups is 1. The molecule has 1 aromatic carbocycles. The molecule has 0 aliphatic heterocycles. The van der Waals surface area contributed by atoms with E-state index in [4.69, 9.17) is 21.5 Å². The van der Waals surface area contributed by atoms with Crippen molar-refractivity contribution in [2.24, 2.45) is 11.1 Å². The van der Waals surface area contributed by atoms with Crippen LogP contribution in [0.15, 0.2) is 17.0 Å². The Labute approximate surface area is 130 Å². The van der Waals surface area contributed by atoms with Crippen molar-refractivity contribution in [3.05, 3.63) is 28.3 Å². The van der Waals surface area contributed by atoms with Gasteiger partial charge in [-0.15, -0.1) is 0 Å². The molecule has 0 spiro atoms. The summed E-state index contributed by atoms with van der Waals surface area (Å²) in [6.45, 7) is 7.46. The molecule has 0 aliphatic carbocycles. The van der Waals surface area contributed by atoms with Crippen LogP contribution in [-0.4, -0.2) is 20.5 Å². The zero-order valence-corrected chi connectivity index (χ0v) is 14.1. The summed E-state index contributed by atoms with van der Waals surface area (Å²) >= 11 is 5.96. The van der Waals surface area contributed by atoms with Gasteiger partial charge in [-0.1, -0.05) is 25.4 Å². The third kappa shape index (κ3) is 4.98. The Morgan fingerprint density at radius 3 is 2.38 bits per heavy atom. The normalized spacial score (nSPS) is 13.3. The van der Waals surface area contributed by atoms with Crippen LogP contribution in [0.2, 0.25) is 5.02 Å². The lowest BCUT2D eigenvalue weighted by Gasteiger charge is -2.16. The smallest absolute Gasteiger partial charge is 0.338 e. The second-order valence-electron chi connectivity index (χ2n) is 5.47. The van der Waals surface area contributed by atoms with E-state index in [0.29, 0.717) is 17.9 Å². The Bertz CT molecular complexity index is 641. The molecule has 0 saturated heterocycles. The summed E-state index contributed by atoms with van der Waals surface area (Å²) in [6, 6.07) is 2.42. The van der Waals surface area contributed by atoms with Gasteiger partial charge in [-0.05, 0) is 43.9 Å². The molecule has 2 N–H and O–H groups in total. The number of sulfonamides is 1. The first-order valence-electron chi connectivity index (χ1n) is 6.56. The van der Waals surface area contributed by atoms with Crippen molar-refractivity contribution < 1.29 is 17.9 Å². The molecule has 0 aliphatic rings. The third-order valence-corrected chi connectivity index (χ3v) is 4.26. The summed E-state index contributed by atoms with van der Waals surface area (Å²) in [5.41, 5.74) is 0.577. The second-order valence-corrected chi connectivity index (χ2v) is 7.44. The van der Waals surface area contributed by atoms with Crippen molar-refractivity contribution in [2.45, 2.75) is 45.1 Å². The van der Waals surface area contributed by atoms with Gasteiger partial charge in [0.2, 0.25) is 10.0 Å². The molecule has 0 fully saturated rings. The standard InChI is InChI=1S/C14H20ClNO4S/c1-8(2)5-9(3)20-14(17)12-6-11(21(16,18)19)7-13(15)10(12)4/h6-9H,5H2,1-4H3,(H2,16,18,19). The fourth-order valence-electron chi connectivity index (χ4n) is 1.99. The van der Waals surface area contributed by atoms with Gasteiger partial charge in [0.1, 0.15) is 0 Å². The van der Waals surface area contributed by atoms with Gasteiger partial charge < -0.3 is 4.74 Å². The van der Waals surface area contributed by atoms with E-state index in [9.17, 15) is 13.2 Å². The number of rotatable bonds is 5. The van der Waals surface area contributed by atoms with E-state index in [1.165, 1.54) is 12.1 Å². The highest BCUT2D eigenvalue weighted by Crippen LogP contribution is 2.25. The van der Waals surface area contributed by atoms with E-state index in [2.05, 4.69) is 0 Å². The number of esters is 1. The van der Waals surface area contributed by atoms with Crippen molar-refractivity contribution in [1.82, 2.24) is 0 Å². The quantitative estimate of drug-likeness (QED) is 0.839. The van der Waals surface area contributed by atoms with Gasteiger partial charge in [0.05, 0.1) is 16.6 Å². The number of hydrogen-bond acceptors (Lipinski definition) is 4. The summed E-state index contributed by atoms with van der Waals surface area (Å²) < 4.78 is 28.1. The Hall–Kier alpha value is -1.11. The van der Waals surface area contributed by atoms with Crippen LogP contribution in [0.25, 0.3) is 0 Å². The van der Waals surface area contributed by atoms with Crippen molar-refractivity contribution in [3.8, 4) is 0 Å². The highest BCUT2D eigenvalue weighted by Gasteiger charge is 2.20. The fraction of sp³-hybridized carbons (Fsp3) is 0.500. The summed E-state index contributed by atoms with van der Waals surface area (Å²) in [6.07, 6.45) is 0.446. The van der Waals surface area contributed by atoms with Crippen molar-refractivity contribution in [1.29, 1.82) is 0 Å². The van der Waals surface area contributed by atoms with Crippen molar-refractivity contribution in [2.75, 3.05) is 0 Å². The largest absolute Gasteiger partial charge is 0.459 e. The zero-order chi connectivity index (χ0) is 16.4. The monoisotopic (exact) mass is 333 g/mol. The molecule has 1 unspecified atom stereocenters. The number of benzene rings is 1. The van der Waals surface area contributed by atoms with E-state index in [0.717, 1.165) is 0 Å². The molecule has 1 atom stereocenters. The summed E-state index contributed by atoms with van der Waals surface area (Å²) in [4.78, 5) is 12.0. The lowest BCUT2D eigenvalue weighted by molar-refractivity contribution is 0.0298. The van der Waals surface area contributed by atoms with Crippen LogP contribution in [0.5, 0.6) is 0 Å². The highest BCUT2D eigenvalue weighted by molar-refractivity contribution is 7.89. The van der Waals surface area contributed by atoms with E-state index >= 15 is 0 Å². The molecule has 1 aromatic rings. The lowest BCUT2D eigenvalue weighted by Crippen LogP contribution is -2.19. The third-order valence-electron chi connectivity index (χ3n) is 2.98. The molecule has 0 amide bonds. The molecule has 0 radical (unpaired) electrons. The number of hydrogen-bond donors (Lipinski definition) is 1. The molecule has 0 heterocycles. The van der Waals surface area contributed by atoms with Gasteiger partial charge >= 0.3 is 5.97 Å². The maximum atomic E-state index is 12.2. The molecular weight excluding hydrogens is 314 g/mol. The average molecular weight is 334 g/mol. The highest BCUT2D eigenvalue weighted by atomic mass is 35.5. The minimum Gasteiger partial charge on any atom is -0.459 e. The minimum absolute atomic E-state index is 0.113. The Kier molecular flexibility index (Phi) is 5.78. The number of halogens is 1. The van der Waals surface area contributed by atoms with E-state index in [1.807, 2.05) is 13.8 Å². The van der Waals surface area contributed by atoms with Crippen LogP contribution in [0.3, 0.4) is 0 Å². The van der Waals surface area contributed by atoms with E-state index < -0.39 is 16.0 Å². The molecular formula is C14H20ClNO4S. The van der Waals surface area contributed by atoms with Crippen LogP contribution in [0.1, 0.15) is 43.1 Å². The SMILES string of the molecule is Cc1c(Cl)cc(S(N)(=O)=O)cc1C(=O)OC(C)CC(C)C. The van der Waals surface area contributed by atoms with Crippen molar-refractivity contribution >= 4 is 27.6 Å². The maximum Gasteiger partial charge on any atom is 0.338 e. The van der Waals surface area contributed by atoms with Crippen LogP contribution >= 0.6 is 11.6 Å². The first-order chi connectivity index (χ1) is 9.52. The molecule has 0 saturated carbocycles. The fourth-order valence-corrected chi connectivity index (χ4v) is 2.84. The van der Waals surface area contributed by atoms with Crippen LogP contribution in [0.4, 0.5) is 0 Å². The summed E-state index contributed by atoms with van der Waals surface area (Å²) in [5, 5.41) is 5.23. The maximum absolute atomic E-state index is 12.2. The number of ether oxygens (including phenoxy) is 1. The Morgan fingerprint density at radius 1 is 1.33 bits per heavy atom. The lowest BCUT2D eigenvalue weighted by atomic mass is 10.1.